The highest BCUT2D eigenvalue weighted by molar-refractivity contribution is 5.60. The minimum Gasteiger partial charge on any atom is -0.494 e. The summed E-state index contributed by atoms with van der Waals surface area (Å²) in [6, 6.07) is 20.6. The Hall–Kier alpha value is -3.12. The van der Waals surface area contributed by atoms with Crippen molar-refractivity contribution >= 4 is 17.3 Å². The highest BCUT2D eigenvalue weighted by atomic mass is 16.5. The molecule has 6 nitrogen and oxygen atoms in total. The van der Waals surface area contributed by atoms with E-state index in [4.69, 9.17) is 4.74 Å². The third-order valence-corrected chi connectivity index (χ3v) is 5.04. The molecule has 150 valence electrons. The van der Waals surface area contributed by atoms with Crippen LogP contribution in [0.1, 0.15) is 12.5 Å². The summed E-state index contributed by atoms with van der Waals surface area (Å²) in [4.78, 5) is 13.7. The van der Waals surface area contributed by atoms with Crippen molar-refractivity contribution in [2.24, 2.45) is 0 Å². The third-order valence-electron chi connectivity index (χ3n) is 5.04. The zero-order chi connectivity index (χ0) is 19.9. The third kappa shape index (κ3) is 5.23. The van der Waals surface area contributed by atoms with Gasteiger partial charge in [0.25, 0.3) is 0 Å². The van der Waals surface area contributed by atoms with E-state index in [1.54, 1.807) is 6.33 Å². The van der Waals surface area contributed by atoms with Crippen LogP contribution in [0.5, 0.6) is 5.75 Å². The molecule has 0 unspecified atom stereocenters. The predicted molar refractivity (Wildman–Crippen MR) is 117 cm³/mol. The van der Waals surface area contributed by atoms with Crippen LogP contribution in [0.15, 0.2) is 67.0 Å². The smallest absolute Gasteiger partial charge is 0.135 e. The minimum atomic E-state index is 0.667. The molecule has 0 spiro atoms. The quantitative estimate of drug-likeness (QED) is 0.661. The molecular weight excluding hydrogens is 362 g/mol. The maximum absolute atomic E-state index is 5.49. The molecule has 0 aliphatic carbocycles. The van der Waals surface area contributed by atoms with E-state index in [9.17, 15) is 0 Å². The average Bonchev–Trinajstić information content (AvgIpc) is 2.77. The number of aromatic nitrogens is 2. The fourth-order valence-electron chi connectivity index (χ4n) is 3.51. The lowest BCUT2D eigenvalue weighted by atomic mass is 10.2. The summed E-state index contributed by atoms with van der Waals surface area (Å²) in [5.74, 6) is 2.63. The van der Waals surface area contributed by atoms with Crippen LogP contribution in [0.25, 0.3) is 0 Å². The van der Waals surface area contributed by atoms with Gasteiger partial charge in [0, 0.05) is 44.5 Å². The van der Waals surface area contributed by atoms with Crippen LogP contribution in [0.2, 0.25) is 0 Å². The van der Waals surface area contributed by atoms with Gasteiger partial charge in [-0.2, -0.15) is 0 Å². The Morgan fingerprint density at radius 1 is 0.931 bits per heavy atom. The molecule has 1 aromatic heterocycles. The minimum absolute atomic E-state index is 0.667. The van der Waals surface area contributed by atoms with Crippen molar-refractivity contribution < 1.29 is 4.74 Å². The molecule has 0 saturated carbocycles. The van der Waals surface area contributed by atoms with Gasteiger partial charge in [0.05, 0.1) is 6.61 Å². The van der Waals surface area contributed by atoms with Crippen molar-refractivity contribution in [3.8, 4) is 5.75 Å². The first-order valence-electron chi connectivity index (χ1n) is 10.1. The second kappa shape index (κ2) is 9.39. The lowest BCUT2D eigenvalue weighted by Crippen LogP contribution is -2.46. The van der Waals surface area contributed by atoms with Gasteiger partial charge in [-0.15, -0.1) is 0 Å². The zero-order valence-corrected chi connectivity index (χ0v) is 16.8. The number of anilines is 3. The van der Waals surface area contributed by atoms with Crippen LogP contribution in [0.4, 0.5) is 17.3 Å². The molecule has 4 rings (SSSR count). The lowest BCUT2D eigenvalue weighted by Gasteiger charge is -2.35. The number of nitrogens with zero attached hydrogens (tertiary/aromatic N) is 4. The van der Waals surface area contributed by atoms with E-state index in [-0.39, 0.29) is 0 Å². The van der Waals surface area contributed by atoms with Crippen LogP contribution in [0, 0.1) is 0 Å². The van der Waals surface area contributed by atoms with E-state index in [1.165, 1.54) is 5.56 Å². The van der Waals surface area contributed by atoms with Crippen molar-refractivity contribution in [1.82, 2.24) is 14.9 Å². The van der Waals surface area contributed by atoms with E-state index in [2.05, 4.69) is 55.4 Å². The van der Waals surface area contributed by atoms with E-state index >= 15 is 0 Å². The maximum Gasteiger partial charge on any atom is 0.135 e. The first-order chi connectivity index (χ1) is 14.3. The van der Waals surface area contributed by atoms with Gasteiger partial charge in [0.1, 0.15) is 23.7 Å². The predicted octanol–water partition coefficient (Wildman–Crippen LogP) is 3.94. The Morgan fingerprint density at radius 2 is 1.69 bits per heavy atom. The normalized spacial score (nSPS) is 14.6. The summed E-state index contributed by atoms with van der Waals surface area (Å²) in [6.45, 7) is 7.64. The standard InChI is InChI=1S/C23H27N5O/c1-2-29-21-10-8-20(9-11-21)26-22-16-23(25-18-24-22)28-14-12-27(13-15-28)17-19-6-4-3-5-7-19/h3-11,16,18H,2,12-15,17H2,1H3,(H,24,25,26). The van der Waals surface area contributed by atoms with E-state index in [0.717, 1.165) is 55.8 Å². The van der Waals surface area contributed by atoms with Crippen molar-refractivity contribution in [2.45, 2.75) is 13.5 Å². The van der Waals surface area contributed by atoms with Gasteiger partial charge in [-0.25, -0.2) is 9.97 Å². The zero-order valence-electron chi connectivity index (χ0n) is 16.8. The van der Waals surface area contributed by atoms with Gasteiger partial charge >= 0.3 is 0 Å². The van der Waals surface area contributed by atoms with Crippen LogP contribution in [-0.4, -0.2) is 47.7 Å². The molecule has 0 bridgehead atoms. The molecule has 1 aliphatic rings. The van der Waals surface area contributed by atoms with Crippen LogP contribution in [-0.2, 0) is 6.54 Å². The molecule has 6 heteroatoms. The molecule has 1 N–H and O–H groups in total. The number of rotatable bonds is 7. The highest BCUT2D eigenvalue weighted by Crippen LogP contribution is 2.22. The van der Waals surface area contributed by atoms with Crippen LogP contribution < -0.4 is 15.0 Å². The Kier molecular flexibility index (Phi) is 6.22. The van der Waals surface area contributed by atoms with Crippen LogP contribution in [0.3, 0.4) is 0 Å². The maximum atomic E-state index is 5.49. The van der Waals surface area contributed by atoms with E-state index < -0.39 is 0 Å². The number of hydrogen-bond donors (Lipinski definition) is 1. The van der Waals surface area contributed by atoms with Gasteiger partial charge < -0.3 is 15.0 Å². The second-order valence-corrected chi connectivity index (χ2v) is 7.09. The number of hydrogen-bond acceptors (Lipinski definition) is 6. The topological polar surface area (TPSA) is 53.5 Å². The van der Waals surface area contributed by atoms with Gasteiger partial charge in [-0.3, -0.25) is 4.90 Å². The molecule has 0 amide bonds. The van der Waals surface area contributed by atoms with Gasteiger partial charge in [0.2, 0.25) is 0 Å². The molecule has 1 fully saturated rings. The van der Waals surface area contributed by atoms with Gasteiger partial charge in [-0.05, 0) is 36.8 Å². The van der Waals surface area contributed by atoms with Crippen molar-refractivity contribution in [1.29, 1.82) is 0 Å². The molecule has 0 radical (unpaired) electrons. The molecule has 1 saturated heterocycles. The van der Waals surface area contributed by atoms with Crippen molar-refractivity contribution in [3.63, 3.8) is 0 Å². The molecule has 2 aromatic carbocycles. The largest absolute Gasteiger partial charge is 0.494 e. The van der Waals surface area contributed by atoms with Crippen molar-refractivity contribution in [3.05, 3.63) is 72.6 Å². The summed E-state index contributed by atoms with van der Waals surface area (Å²) in [5, 5.41) is 3.35. The highest BCUT2D eigenvalue weighted by Gasteiger charge is 2.18. The molecule has 0 atom stereocenters. The number of nitrogens with one attached hydrogen (secondary N) is 1. The van der Waals surface area contributed by atoms with E-state index in [1.807, 2.05) is 37.3 Å². The summed E-state index contributed by atoms with van der Waals surface area (Å²) >= 11 is 0. The van der Waals surface area contributed by atoms with Gasteiger partial charge in [-0.1, -0.05) is 30.3 Å². The first kappa shape index (κ1) is 19.2. The Labute approximate surface area is 172 Å². The molecule has 2 heterocycles. The number of benzene rings is 2. The summed E-state index contributed by atoms with van der Waals surface area (Å²) < 4.78 is 5.49. The summed E-state index contributed by atoms with van der Waals surface area (Å²) in [5.41, 5.74) is 2.34. The van der Waals surface area contributed by atoms with Gasteiger partial charge in [0.15, 0.2) is 0 Å². The molecule has 1 aliphatic heterocycles. The molecule has 3 aromatic rings. The monoisotopic (exact) mass is 389 g/mol. The average molecular weight is 390 g/mol. The van der Waals surface area contributed by atoms with E-state index in [0.29, 0.717) is 6.61 Å². The second-order valence-electron chi connectivity index (χ2n) is 7.09. The molecule has 29 heavy (non-hydrogen) atoms. The number of piperazine rings is 1. The molecular formula is C23H27N5O. The number of ether oxygens (including phenoxy) is 1. The Bertz CT molecular complexity index is 893. The Balaban J connectivity index is 1.34. The summed E-state index contributed by atoms with van der Waals surface area (Å²) in [6.07, 6.45) is 1.63. The SMILES string of the molecule is CCOc1ccc(Nc2cc(N3CCN(Cc4ccccc4)CC3)ncn2)cc1. The lowest BCUT2D eigenvalue weighted by molar-refractivity contribution is 0.249. The fourth-order valence-corrected chi connectivity index (χ4v) is 3.51. The Morgan fingerprint density at radius 3 is 2.41 bits per heavy atom. The van der Waals surface area contributed by atoms with Crippen molar-refractivity contribution in [2.75, 3.05) is 43.0 Å². The summed E-state index contributed by atoms with van der Waals surface area (Å²) in [7, 11) is 0. The fraction of sp³-hybridized carbons (Fsp3) is 0.304. The van der Waals surface area contributed by atoms with Crippen LogP contribution >= 0.6 is 0 Å². The first-order valence-corrected chi connectivity index (χ1v) is 10.1.